The summed E-state index contributed by atoms with van der Waals surface area (Å²) in [5.74, 6) is 0. The van der Waals surface area contributed by atoms with E-state index in [9.17, 15) is 16.8 Å². The third-order valence-electron chi connectivity index (χ3n) is 2.64. The first-order valence-corrected chi connectivity index (χ1v) is 9.94. The predicted octanol–water partition coefficient (Wildman–Crippen LogP) is 2.65. The van der Waals surface area contributed by atoms with E-state index in [0.717, 1.165) is 6.26 Å². The lowest BCUT2D eigenvalue weighted by molar-refractivity contribution is 0.598. The fourth-order valence-electron chi connectivity index (χ4n) is 1.66. The lowest BCUT2D eigenvalue weighted by atomic mass is 10.3. The number of benzene rings is 2. The van der Waals surface area contributed by atoms with E-state index < -0.39 is 19.9 Å². The number of halogens is 1. The van der Waals surface area contributed by atoms with Gasteiger partial charge in [-0.25, -0.2) is 16.8 Å². The van der Waals surface area contributed by atoms with Crippen LogP contribution in [0.15, 0.2) is 62.8 Å². The lowest BCUT2D eigenvalue weighted by Gasteiger charge is -2.10. The van der Waals surface area contributed by atoms with Crippen LogP contribution in [0.5, 0.6) is 0 Å². The first kappa shape index (κ1) is 16.0. The maximum absolute atomic E-state index is 12.3. The van der Waals surface area contributed by atoms with Crippen molar-refractivity contribution < 1.29 is 16.8 Å². The first-order chi connectivity index (χ1) is 9.70. The van der Waals surface area contributed by atoms with Crippen LogP contribution < -0.4 is 4.72 Å². The van der Waals surface area contributed by atoms with Crippen LogP contribution >= 0.6 is 15.9 Å². The monoisotopic (exact) mass is 389 g/mol. The zero-order chi connectivity index (χ0) is 15.7. The second-order valence-electron chi connectivity index (χ2n) is 4.34. The molecule has 5 nitrogen and oxygen atoms in total. The molecular weight excluding hydrogens is 378 g/mol. The van der Waals surface area contributed by atoms with E-state index >= 15 is 0 Å². The van der Waals surface area contributed by atoms with E-state index in [4.69, 9.17) is 0 Å². The van der Waals surface area contributed by atoms with Crippen molar-refractivity contribution in [2.45, 2.75) is 9.79 Å². The van der Waals surface area contributed by atoms with Crippen molar-refractivity contribution in [3.63, 3.8) is 0 Å². The number of nitrogens with one attached hydrogen (secondary N) is 1. The summed E-state index contributed by atoms with van der Waals surface area (Å²) in [6.07, 6.45) is 1.06. The summed E-state index contributed by atoms with van der Waals surface area (Å²) in [6.45, 7) is 0. The molecule has 0 saturated carbocycles. The molecule has 2 aromatic rings. The minimum absolute atomic E-state index is 0.0508. The van der Waals surface area contributed by atoms with Crippen molar-refractivity contribution >= 4 is 41.5 Å². The van der Waals surface area contributed by atoms with Crippen LogP contribution in [0.1, 0.15) is 0 Å². The van der Waals surface area contributed by atoms with Gasteiger partial charge in [-0.3, -0.25) is 4.72 Å². The van der Waals surface area contributed by atoms with E-state index in [0.29, 0.717) is 4.47 Å². The summed E-state index contributed by atoms with van der Waals surface area (Å²) in [5, 5.41) is 0. The Balaban J connectivity index is 2.41. The molecule has 21 heavy (non-hydrogen) atoms. The van der Waals surface area contributed by atoms with Gasteiger partial charge < -0.3 is 0 Å². The molecule has 2 aromatic carbocycles. The molecule has 8 heteroatoms. The molecule has 0 atom stereocenters. The molecule has 0 bridgehead atoms. The summed E-state index contributed by atoms with van der Waals surface area (Å²) in [6, 6.07) is 12.0. The zero-order valence-electron chi connectivity index (χ0n) is 10.9. The molecule has 2 rings (SSSR count). The highest BCUT2D eigenvalue weighted by Crippen LogP contribution is 2.24. The molecule has 0 spiro atoms. The maximum atomic E-state index is 12.3. The minimum Gasteiger partial charge on any atom is -0.280 e. The Labute approximate surface area is 132 Å². The normalized spacial score (nSPS) is 12.1. The van der Waals surface area contributed by atoms with Crippen molar-refractivity contribution in [2.24, 2.45) is 0 Å². The Morgan fingerprint density at radius 3 is 2.24 bits per heavy atom. The largest absolute Gasteiger partial charge is 0.280 e. The van der Waals surface area contributed by atoms with Crippen molar-refractivity contribution in [1.82, 2.24) is 0 Å². The topological polar surface area (TPSA) is 80.3 Å². The van der Waals surface area contributed by atoms with Gasteiger partial charge in [0.15, 0.2) is 9.84 Å². The molecule has 112 valence electrons. The molecule has 0 heterocycles. The van der Waals surface area contributed by atoms with Gasteiger partial charge in [-0.1, -0.05) is 18.2 Å². The Hall–Kier alpha value is -1.38. The molecule has 0 aliphatic carbocycles. The van der Waals surface area contributed by atoms with E-state index in [2.05, 4.69) is 20.7 Å². The van der Waals surface area contributed by atoms with Gasteiger partial charge in [-0.05, 0) is 46.3 Å². The zero-order valence-corrected chi connectivity index (χ0v) is 14.2. The second kappa shape index (κ2) is 5.78. The van der Waals surface area contributed by atoms with Crippen LogP contribution in [0.2, 0.25) is 0 Å². The smallest absolute Gasteiger partial charge is 0.263 e. The molecular formula is C13H12BrNO4S2. The third-order valence-corrected chi connectivity index (χ3v) is 6.14. The van der Waals surface area contributed by atoms with Crippen LogP contribution in [-0.2, 0) is 19.9 Å². The molecule has 0 amide bonds. The Kier molecular flexibility index (Phi) is 4.40. The Bertz CT molecular complexity index is 877. The molecule has 0 aliphatic rings. The van der Waals surface area contributed by atoms with Gasteiger partial charge in [0.25, 0.3) is 10.0 Å². The number of hydrogen-bond donors (Lipinski definition) is 1. The molecule has 0 aliphatic heterocycles. The van der Waals surface area contributed by atoms with Crippen LogP contribution in [0.4, 0.5) is 5.69 Å². The van der Waals surface area contributed by atoms with Crippen molar-refractivity contribution in [3.8, 4) is 0 Å². The Morgan fingerprint density at radius 1 is 0.952 bits per heavy atom. The lowest BCUT2D eigenvalue weighted by Crippen LogP contribution is -2.13. The van der Waals surface area contributed by atoms with Gasteiger partial charge in [-0.2, -0.15) is 0 Å². The number of anilines is 1. The van der Waals surface area contributed by atoms with Crippen molar-refractivity contribution in [1.29, 1.82) is 0 Å². The molecule has 0 aromatic heterocycles. The van der Waals surface area contributed by atoms with E-state index in [1.165, 1.54) is 30.3 Å². The fourth-order valence-corrected chi connectivity index (χ4v) is 4.38. The van der Waals surface area contributed by atoms with Gasteiger partial charge in [0.2, 0.25) is 0 Å². The highest BCUT2D eigenvalue weighted by atomic mass is 79.9. The highest BCUT2D eigenvalue weighted by Gasteiger charge is 2.18. The summed E-state index contributed by atoms with van der Waals surface area (Å²) in [4.78, 5) is 0.129. The standard InChI is InChI=1S/C13H12BrNO4S2/c1-20(16,17)11-6-4-5-10(9-11)15-21(18,19)13-8-3-2-7-12(13)14/h2-9,15H,1H3. The van der Waals surface area contributed by atoms with Gasteiger partial charge in [0.1, 0.15) is 4.90 Å². The van der Waals surface area contributed by atoms with E-state index in [1.807, 2.05) is 0 Å². The quantitative estimate of drug-likeness (QED) is 0.871. The van der Waals surface area contributed by atoms with E-state index in [1.54, 1.807) is 18.2 Å². The number of sulfone groups is 1. The van der Waals surface area contributed by atoms with Crippen molar-refractivity contribution in [3.05, 3.63) is 53.0 Å². The third kappa shape index (κ3) is 3.84. The minimum atomic E-state index is -3.80. The molecule has 0 fully saturated rings. The molecule has 1 N–H and O–H groups in total. The maximum Gasteiger partial charge on any atom is 0.263 e. The number of hydrogen-bond acceptors (Lipinski definition) is 4. The Morgan fingerprint density at radius 2 is 1.62 bits per heavy atom. The average Bonchev–Trinajstić information content (AvgIpc) is 2.37. The summed E-state index contributed by atoms with van der Waals surface area (Å²) in [5.41, 5.74) is 0.189. The highest BCUT2D eigenvalue weighted by molar-refractivity contribution is 9.10. The number of rotatable bonds is 4. The van der Waals surface area contributed by atoms with Gasteiger partial charge in [-0.15, -0.1) is 0 Å². The summed E-state index contributed by atoms with van der Waals surface area (Å²) in [7, 11) is -7.20. The summed E-state index contributed by atoms with van der Waals surface area (Å²) < 4.78 is 50.4. The molecule has 0 unspecified atom stereocenters. The SMILES string of the molecule is CS(=O)(=O)c1cccc(NS(=O)(=O)c2ccccc2Br)c1. The average molecular weight is 390 g/mol. The van der Waals surface area contributed by atoms with Gasteiger partial charge >= 0.3 is 0 Å². The molecule has 0 saturated heterocycles. The van der Waals surface area contributed by atoms with Crippen LogP contribution in [-0.4, -0.2) is 23.1 Å². The van der Waals surface area contributed by atoms with E-state index in [-0.39, 0.29) is 15.5 Å². The fraction of sp³-hybridized carbons (Fsp3) is 0.0769. The first-order valence-electron chi connectivity index (χ1n) is 5.77. The predicted molar refractivity (Wildman–Crippen MR) is 84.5 cm³/mol. The summed E-state index contributed by atoms with van der Waals surface area (Å²) >= 11 is 3.18. The molecule has 0 radical (unpaired) electrons. The van der Waals surface area contributed by atoms with Crippen LogP contribution in [0.3, 0.4) is 0 Å². The van der Waals surface area contributed by atoms with Crippen LogP contribution in [0, 0.1) is 0 Å². The van der Waals surface area contributed by atoms with Gasteiger partial charge in [0, 0.05) is 10.7 Å². The number of sulfonamides is 1. The van der Waals surface area contributed by atoms with Crippen LogP contribution in [0.25, 0.3) is 0 Å². The second-order valence-corrected chi connectivity index (χ2v) is 8.86. The van der Waals surface area contributed by atoms with Crippen molar-refractivity contribution in [2.75, 3.05) is 11.0 Å². The van der Waals surface area contributed by atoms with Gasteiger partial charge in [0.05, 0.1) is 10.6 Å².